The summed E-state index contributed by atoms with van der Waals surface area (Å²) in [6, 6.07) is 16.5. The molecule has 0 unspecified atom stereocenters. The number of hydrogen-bond donors (Lipinski definition) is 0. The summed E-state index contributed by atoms with van der Waals surface area (Å²) in [5.41, 5.74) is 4.87. The van der Waals surface area contributed by atoms with Crippen molar-refractivity contribution in [1.82, 2.24) is 4.98 Å². The third-order valence-corrected chi connectivity index (χ3v) is 4.76. The quantitative estimate of drug-likeness (QED) is 0.567. The van der Waals surface area contributed by atoms with Gasteiger partial charge < -0.3 is 0 Å². The second-order valence-electron chi connectivity index (χ2n) is 5.16. The van der Waals surface area contributed by atoms with Crippen molar-refractivity contribution in [3.8, 4) is 0 Å². The van der Waals surface area contributed by atoms with Crippen LogP contribution in [0.4, 0.5) is 0 Å². The van der Waals surface area contributed by atoms with Crippen molar-refractivity contribution in [2.24, 2.45) is 0 Å². The Labute approximate surface area is 134 Å². The van der Waals surface area contributed by atoms with Crippen LogP contribution in [0.2, 0.25) is 5.02 Å². The maximum atomic E-state index is 5.91. The molecule has 0 fully saturated rings. The summed E-state index contributed by atoms with van der Waals surface area (Å²) in [5, 5.41) is 3.09. The first-order valence-electron chi connectivity index (χ1n) is 6.88. The second-order valence-corrected chi connectivity index (χ2v) is 6.60. The molecule has 0 saturated heterocycles. The average Bonchev–Trinajstić information content (AvgIpc) is 2.48. The zero-order valence-electron chi connectivity index (χ0n) is 12.1. The highest BCUT2D eigenvalue weighted by molar-refractivity contribution is 7.98. The first kappa shape index (κ1) is 14.4. The van der Waals surface area contributed by atoms with Crippen molar-refractivity contribution in [3.05, 3.63) is 70.2 Å². The standard InChI is InChI=1S/C18H16ClNS/c1-12-4-3-5-16-13(2)10-17(20-18(12)16)21-11-14-6-8-15(19)9-7-14/h3-10H,11H2,1-2H3. The summed E-state index contributed by atoms with van der Waals surface area (Å²) in [4.78, 5) is 4.81. The van der Waals surface area contributed by atoms with Crippen LogP contribution in [0.5, 0.6) is 0 Å². The number of hydrogen-bond acceptors (Lipinski definition) is 2. The fraction of sp³-hybridized carbons (Fsp3) is 0.167. The van der Waals surface area contributed by atoms with Crippen LogP contribution in [-0.4, -0.2) is 4.98 Å². The molecule has 0 radical (unpaired) electrons. The first-order valence-corrected chi connectivity index (χ1v) is 8.24. The van der Waals surface area contributed by atoms with Crippen molar-refractivity contribution in [1.29, 1.82) is 0 Å². The topological polar surface area (TPSA) is 12.9 Å². The first-order chi connectivity index (χ1) is 10.1. The van der Waals surface area contributed by atoms with E-state index in [4.69, 9.17) is 16.6 Å². The van der Waals surface area contributed by atoms with E-state index in [0.29, 0.717) is 0 Å². The van der Waals surface area contributed by atoms with E-state index in [-0.39, 0.29) is 0 Å². The Balaban J connectivity index is 1.87. The smallest absolute Gasteiger partial charge is 0.0973 e. The van der Waals surface area contributed by atoms with Crippen LogP contribution in [0, 0.1) is 13.8 Å². The summed E-state index contributed by atoms with van der Waals surface area (Å²) >= 11 is 7.68. The van der Waals surface area contributed by atoms with Gasteiger partial charge in [-0.15, -0.1) is 11.8 Å². The zero-order chi connectivity index (χ0) is 14.8. The number of pyridine rings is 1. The highest BCUT2D eigenvalue weighted by Crippen LogP contribution is 2.27. The second kappa shape index (κ2) is 6.08. The van der Waals surface area contributed by atoms with Gasteiger partial charge in [0, 0.05) is 16.2 Å². The fourth-order valence-electron chi connectivity index (χ4n) is 2.34. The molecule has 3 rings (SSSR count). The van der Waals surface area contributed by atoms with Gasteiger partial charge >= 0.3 is 0 Å². The summed E-state index contributed by atoms with van der Waals surface area (Å²) in [6.07, 6.45) is 0. The van der Waals surface area contributed by atoms with Gasteiger partial charge in [0.05, 0.1) is 10.5 Å². The van der Waals surface area contributed by atoms with Crippen molar-refractivity contribution < 1.29 is 0 Å². The normalized spacial score (nSPS) is 11.0. The van der Waals surface area contributed by atoms with Gasteiger partial charge in [-0.1, -0.05) is 41.9 Å². The molecule has 3 aromatic rings. The van der Waals surface area contributed by atoms with Crippen LogP contribution in [-0.2, 0) is 5.75 Å². The number of aryl methyl sites for hydroxylation is 2. The number of halogens is 1. The molecule has 0 aliphatic heterocycles. The van der Waals surface area contributed by atoms with Crippen LogP contribution >= 0.6 is 23.4 Å². The van der Waals surface area contributed by atoms with Crippen molar-refractivity contribution in [3.63, 3.8) is 0 Å². The summed E-state index contributed by atoms with van der Waals surface area (Å²) in [7, 11) is 0. The van der Waals surface area contributed by atoms with E-state index in [9.17, 15) is 0 Å². The highest BCUT2D eigenvalue weighted by Gasteiger charge is 2.05. The summed E-state index contributed by atoms with van der Waals surface area (Å²) in [5.74, 6) is 0.904. The van der Waals surface area contributed by atoms with Gasteiger partial charge in [-0.2, -0.15) is 0 Å². The van der Waals surface area contributed by atoms with Gasteiger partial charge in [-0.05, 0) is 48.7 Å². The van der Waals surface area contributed by atoms with Gasteiger partial charge in [-0.3, -0.25) is 0 Å². The molecule has 0 atom stereocenters. The molecule has 0 saturated carbocycles. The van der Waals surface area contributed by atoms with E-state index in [2.05, 4.69) is 50.2 Å². The SMILES string of the molecule is Cc1cc(SCc2ccc(Cl)cc2)nc2c(C)cccc12. The maximum Gasteiger partial charge on any atom is 0.0973 e. The molecule has 0 aliphatic carbocycles. The molecule has 1 aromatic heterocycles. The molecule has 1 heterocycles. The number of rotatable bonds is 3. The van der Waals surface area contributed by atoms with Crippen LogP contribution in [0.25, 0.3) is 10.9 Å². The Hall–Kier alpha value is -1.51. The lowest BCUT2D eigenvalue weighted by Crippen LogP contribution is -1.90. The maximum absolute atomic E-state index is 5.91. The van der Waals surface area contributed by atoms with Crippen molar-refractivity contribution in [2.75, 3.05) is 0 Å². The number of para-hydroxylation sites is 1. The lowest BCUT2D eigenvalue weighted by Gasteiger charge is -2.08. The molecule has 0 aliphatic rings. The Morgan fingerprint density at radius 3 is 2.52 bits per heavy atom. The monoisotopic (exact) mass is 313 g/mol. The predicted octanol–water partition coefficient (Wildman–Crippen LogP) is 5.80. The van der Waals surface area contributed by atoms with Gasteiger partial charge in [0.15, 0.2) is 0 Å². The van der Waals surface area contributed by atoms with E-state index in [0.717, 1.165) is 21.3 Å². The van der Waals surface area contributed by atoms with Gasteiger partial charge in [-0.25, -0.2) is 4.98 Å². The van der Waals surface area contributed by atoms with Crippen molar-refractivity contribution >= 4 is 34.3 Å². The minimum atomic E-state index is 0.777. The van der Waals surface area contributed by atoms with Gasteiger partial charge in [0.1, 0.15) is 0 Å². The molecule has 1 nitrogen and oxygen atoms in total. The molecule has 0 amide bonds. The van der Waals surface area contributed by atoms with Crippen LogP contribution in [0.15, 0.2) is 53.6 Å². The molecular formula is C18H16ClNS. The van der Waals surface area contributed by atoms with Crippen LogP contribution < -0.4 is 0 Å². The highest BCUT2D eigenvalue weighted by atomic mass is 35.5. The summed E-state index contributed by atoms with van der Waals surface area (Å²) in [6.45, 7) is 4.26. The Bertz CT molecular complexity index is 781. The van der Waals surface area contributed by atoms with E-state index in [1.165, 1.54) is 22.1 Å². The molecule has 106 valence electrons. The third-order valence-electron chi connectivity index (χ3n) is 3.52. The molecule has 0 N–H and O–H groups in total. The molecule has 3 heteroatoms. The minimum Gasteiger partial charge on any atom is -0.241 e. The van der Waals surface area contributed by atoms with Gasteiger partial charge in [0.2, 0.25) is 0 Å². The Morgan fingerprint density at radius 2 is 1.76 bits per heavy atom. The Kier molecular flexibility index (Phi) is 4.18. The van der Waals surface area contributed by atoms with E-state index >= 15 is 0 Å². The number of fused-ring (bicyclic) bond motifs is 1. The minimum absolute atomic E-state index is 0.777. The van der Waals surface area contributed by atoms with Crippen LogP contribution in [0.3, 0.4) is 0 Å². The number of thioether (sulfide) groups is 1. The predicted molar refractivity (Wildman–Crippen MR) is 92.2 cm³/mol. The van der Waals surface area contributed by atoms with E-state index in [1.54, 1.807) is 11.8 Å². The fourth-order valence-corrected chi connectivity index (χ4v) is 3.39. The number of nitrogens with zero attached hydrogens (tertiary/aromatic N) is 1. The Morgan fingerprint density at radius 1 is 1.00 bits per heavy atom. The van der Waals surface area contributed by atoms with Gasteiger partial charge in [0.25, 0.3) is 0 Å². The number of benzene rings is 2. The average molecular weight is 314 g/mol. The third kappa shape index (κ3) is 3.22. The zero-order valence-corrected chi connectivity index (χ0v) is 13.6. The van der Waals surface area contributed by atoms with E-state index in [1.807, 2.05) is 12.1 Å². The largest absolute Gasteiger partial charge is 0.241 e. The lowest BCUT2D eigenvalue weighted by atomic mass is 10.1. The molecule has 2 aromatic carbocycles. The molecule has 0 bridgehead atoms. The number of aromatic nitrogens is 1. The molecule has 0 spiro atoms. The van der Waals surface area contributed by atoms with Crippen molar-refractivity contribution in [2.45, 2.75) is 24.6 Å². The molecule has 21 heavy (non-hydrogen) atoms. The molecular weight excluding hydrogens is 298 g/mol. The van der Waals surface area contributed by atoms with Crippen LogP contribution in [0.1, 0.15) is 16.7 Å². The van der Waals surface area contributed by atoms with E-state index < -0.39 is 0 Å². The lowest BCUT2D eigenvalue weighted by molar-refractivity contribution is 1.15. The summed E-state index contributed by atoms with van der Waals surface area (Å²) < 4.78 is 0.